The smallest absolute Gasteiger partial charge is 0.227 e. The van der Waals surface area contributed by atoms with Crippen LogP contribution in [0.5, 0.6) is 0 Å². The van der Waals surface area contributed by atoms with E-state index >= 15 is 0 Å². The van der Waals surface area contributed by atoms with Gasteiger partial charge in [-0.1, -0.05) is 23.7 Å². The number of aromatic nitrogens is 2. The molecule has 1 aromatic heterocycles. The third-order valence-electron chi connectivity index (χ3n) is 6.71. The minimum Gasteiger partial charge on any atom is -0.356 e. The van der Waals surface area contributed by atoms with E-state index in [1.807, 2.05) is 4.90 Å². The molecule has 184 valence electrons. The molecule has 0 saturated carbocycles. The number of piperidine rings is 1. The van der Waals surface area contributed by atoms with Gasteiger partial charge in [-0.3, -0.25) is 14.5 Å². The van der Waals surface area contributed by atoms with Crippen LogP contribution in [-0.4, -0.2) is 70.5 Å². The maximum absolute atomic E-state index is 14.0. The number of hydrogen-bond donors (Lipinski definition) is 1. The van der Waals surface area contributed by atoms with Crippen LogP contribution in [0.1, 0.15) is 57.3 Å². The van der Waals surface area contributed by atoms with Gasteiger partial charge in [-0.05, 0) is 57.3 Å². The number of benzene rings is 1. The average Bonchev–Trinajstić information content (AvgIpc) is 3.31. The molecule has 1 atom stereocenters. The molecule has 0 bridgehead atoms. The van der Waals surface area contributed by atoms with Crippen LogP contribution in [0.15, 0.2) is 28.8 Å². The molecule has 2 aliphatic rings. The summed E-state index contributed by atoms with van der Waals surface area (Å²) in [5.41, 5.74) is 0.279. The molecule has 1 N–H and O–H groups in total. The Hall–Kier alpha value is -2.81. The zero-order chi connectivity index (χ0) is 23.8. The Balaban J connectivity index is 1.31. The lowest BCUT2D eigenvalue weighted by Crippen LogP contribution is -2.43. The molecular formula is C25H34FN5O3. The summed E-state index contributed by atoms with van der Waals surface area (Å²) in [5.74, 6) is 0.235. The molecule has 3 heterocycles. The van der Waals surface area contributed by atoms with Crippen molar-refractivity contribution in [3.05, 3.63) is 36.0 Å². The number of carbonyl (C=O) groups is 2. The second-order valence-electron chi connectivity index (χ2n) is 9.17. The summed E-state index contributed by atoms with van der Waals surface area (Å²) in [4.78, 5) is 33.9. The van der Waals surface area contributed by atoms with Crippen molar-refractivity contribution in [2.75, 3.05) is 32.7 Å². The first-order chi connectivity index (χ1) is 16.6. The number of fused-ring (bicyclic) bond motifs is 1. The molecular weight excluding hydrogens is 437 g/mol. The average molecular weight is 472 g/mol. The minimum atomic E-state index is -0.413. The quantitative estimate of drug-likeness (QED) is 0.737. The number of halogens is 1. The molecule has 2 saturated heterocycles. The molecule has 2 fully saturated rings. The highest BCUT2D eigenvalue weighted by Crippen LogP contribution is 2.21. The Morgan fingerprint density at radius 2 is 1.85 bits per heavy atom. The number of hydrogen-bond acceptors (Lipinski definition) is 6. The highest BCUT2D eigenvalue weighted by molar-refractivity contribution is 5.77. The molecule has 2 aliphatic heterocycles. The summed E-state index contributed by atoms with van der Waals surface area (Å²) in [7, 11) is 0. The Morgan fingerprint density at radius 3 is 2.71 bits per heavy atom. The van der Waals surface area contributed by atoms with Crippen LogP contribution in [0.2, 0.25) is 0 Å². The highest BCUT2D eigenvalue weighted by atomic mass is 19.1. The Kier molecular flexibility index (Phi) is 8.62. The van der Waals surface area contributed by atoms with Gasteiger partial charge in [0.25, 0.3) is 0 Å². The largest absolute Gasteiger partial charge is 0.356 e. The zero-order valence-electron chi connectivity index (χ0n) is 19.7. The van der Waals surface area contributed by atoms with Crippen molar-refractivity contribution < 1.29 is 18.5 Å². The molecule has 1 aromatic carbocycles. The topological polar surface area (TPSA) is 91.6 Å². The normalized spacial score (nSPS) is 21.0. The monoisotopic (exact) mass is 471 g/mol. The number of amides is 2. The number of carbonyl (C=O) groups excluding carboxylic acids is 2. The minimum absolute atomic E-state index is 0.0303. The summed E-state index contributed by atoms with van der Waals surface area (Å²) < 4.78 is 19.2. The summed E-state index contributed by atoms with van der Waals surface area (Å²) in [6.07, 6.45) is 7.28. The second kappa shape index (κ2) is 12.1. The third-order valence-corrected chi connectivity index (χ3v) is 6.71. The van der Waals surface area contributed by atoms with Gasteiger partial charge in [-0.2, -0.15) is 4.98 Å². The van der Waals surface area contributed by atoms with Gasteiger partial charge in [0.05, 0.1) is 5.56 Å². The SMILES string of the molecule is O=C1CC2CCCCN2CCCCN(C(=O)CCc2nc(-c3ccccc3F)no2)CCCN1. The standard InChI is InChI=1S/C25H34FN5O3/c26-21-10-2-1-9-20(21)25-28-23(34-29-25)11-12-24(33)31-16-6-5-15-30-14-4-3-8-19(30)18-22(32)27-13-7-17-31/h1-2,9-10,19H,3-8,11-18H2,(H,27,32). The van der Waals surface area contributed by atoms with Gasteiger partial charge in [-0.15, -0.1) is 0 Å². The van der Waals surface area contributed by atoms with E-state index in [0.29, 0.717) is 44.4 Å². The molecule has 1 unspecified atom stereocenters. The Morgan fingerprint density at radius 1 is 1.09 bits per heavy atom. The van der Waals surface area contributed by atoms with Crippen molar-refractivity contribution in [2.45, 2.75) is 63.8 Å². The highest BCUT2D eigenvalue weighted by Gasteiger charge is 2.25. The van der Waals surface area contributed by atoms with Gasteiger partial charge in [0.15, 0.2) is 0 Å². The van der Waals surface area contributed by atoms with E-state index in [-0.39, 0.29) is 29.6 Å². The van der Waals surface area contributed by atoms with Gasteiger partial charge >= 0.3 is 0 Å². The van der Waals surface area contributed by atoms with Crippen LogP contribution < -0.4 is 5.32 Å². The second-order valence-corrected chi connectivity index (χ2v) is 9.17. The molecule has 2 aromatic rings. The lowest BCUT2D eigenvalue weighted by Gasteiger charge is -2.35. The first-order valence-electron chi connectivity index (χ1n) is 12.5. The van der Waals surface area contributed by atoms with Gasteiger partial charge < -0.3 is 14.7 Å². The lowest BCUT2D eigenvalue weighted by molar-refractivity contribution is -0.131. The summed E-state index contributed by atoms with van der Waals surface area (Å²) in [6, 6.07) is 6.61. The van der Waals surface area contributed by atoms with Gasteiger partial charge in [0, 0.05) is 44.9 Å². The van der Waals surface area contributed by atoms with Crippen LogP contribution in [0.4, 0.5) is 4.39 Å². The molecule has 9 heteroatoms. The number of nitrogens with zero attached hydrogens (tertiary/aromatic N) is 4. The van der Waals surface area contributed by atoms with Crippen molar-refractivity contribution in [2.24, 2.45) is 0 Å². The number of aryl methyl sites for hydroxylation is 1. The van der Waals surface area contributed by atoms with E-state index in [1.54, 1.807) is 18.2 Å². The lowest BCUT2D eigenvalue weighted by atomic mass is 9.98. The number of rotatable bonds is 4. The van der Waals surface area contributed by atoms with Crippen LogP contribution >= 0.6 is 0 Å². The van der Waals surface area contributed by atoms with E-state index in [1.165, 1.54) is 18.9 Å². The fourth-order valence-electron chi connectivity index (χ4n) is 4.83. The van der Waals surface area contributed by atoms with E-state index in [4.69, 9.17) is 4.52 Å². The molecule has 8 nitrogen and oxygen atoms in total. The predicted molar refractivity (Wildman–Crippen MR) is 125 cm³/mol. The first-order valence-corrected chi connectivity index (χ1v) is 12.5. The summed E-state index contributed by atoms with van der Waals surface area (Å²) >= 11 is 0. The molecule has 34 heavy (non-hydrogen) atoms. The van der Waals surface area contributed by atoms with Crippen molar-refractivity contribution in [1.29, 1.82) is 0 Å². The fourth-order valence-corrected chi connectivity index (χ4v) is 4.83. The first kappa shape index (κ1) is 24.3. The Labute approximate surface area is 199 Å². The molecule has 4 rings (SSSR count). The fraction of sp³-hybridized carbons (Fsp3) is 0.600. The van der Waals surface area contributed by atoms with E-state index in [0.717, 1.165) is 38.8 Å². The molecule has 0 radical (unpaired) electrons. The van der Waals surface area contributed by atoms with Gasteiger partial charge in [0.2, 0.25) is 23.5 Å². The van der Waals surface area contributed by atoms with Crippen LogP contribution in [0.25, 0.3) is 11.4 Å². The third kappa shape index (κ3) is 6.62. The maximum atomic E-state index is 14.0. The number of nitrogens with one attached hydrogen (secondary N) is 1. The zero-order valence-corrected chi connectivity index (χ0v) is 19.7. The van der Waals surface area contributed by atoms with Crippen LogP contribution in [-0.2, 0) is 16.0 Å². The van der Waals surface area contributed by atoms with E-state index in [9.17, 15) is 14.0 Å². The van der Waals surface area contributed by atoms with E-state index in [2.05, 4.69) is 20.4 Å². The summed E-state index contributed by atoms with van der Waals surface area (Å²) in [5, 5.41) is 6.89. The van der Waals surface area contributed by atoms with Gasteiger partial charge in [0.1, 0.15) is 5.82 Å². The predicted octanol–water partition coefficient (Wildman–Crippen LogP) is 3.18. The molecule has 0 spiro atoms. The van der Waals surface area contributed by atoms with E-state index < -0.39 is 5.82 Å². The Bertz CT molecular complexity index is 966. The van der Waals surface area contributed by atoms with Crippen molar-refractivity contribution in [3.8, 4) is 11.4 Å². The maximum Gasteiger partial charge on any atom is 0.227 e. The van der Waals surface area contributed by atoms with Crippen molar-refractivity contribution in [3.63, 3.8) is 0 Å². The van der Waals surface area contributed by atoms with Crippen LogP contribution in [0.3, 0.4) is 0 Å². The molecule has 2 amide bonds. The summed E-state index contributed by atoms with van der Waals surface area (Å²) in [6.45, 7) is 3.91. The van der Waals surface area contributed by atoms with Crippen LogP contribution in [0, 0.1) is 5.82 Å². The van der Waals surface area contributed by atoms with Crippen molar-refractivity contribution in [1.82, 2.24) is 25.3 Å². The van der Waals surface area contributed by atoms with Crippen molar-refractivity contribution >= 4 is 11.8 Å². The van der Waals surface area contributed by atoms with Gasteiger partial charge in [-0.25, -0.2) is 4.39 Å². The molecule has 0 aliphatic carbocycles.